The predicted octanol–water partition coefficient (Wildman–Crippen LogP) is 1.49. The number of amides is 1. The fourth-order valence-corrected chi connectivity index (χ4v) is 1.96. The van der Waals surface area contributed by atoms with E-state index >= 15 is 0 Å². The van der Waals surface area contributed by atoms with Gasteiger partial charge < -0.3 is 10.2 Å². The Morgan fingerprint density at radius 1 is 1.20 bits per heavy atom. The molecule has 0 aromatic carbocycles. The van der Waals surface area contributed by atoms with E-state index in [0.29, 0.717) is 0 Å². The number of carbonyl (C=O) groups excluding carboxylic acids is 1. The number of likely N-dealkylation sites (N-methyl/N-ethyl adjacent to an activating group) is 1. The van der Waals surface area contributed by atoms with Gasteiger partial charge in [0.05, 0.1) is 6.04 Å². The van der Waals surface area contributed by atoms with E-state index in [1.165, 1.54) is 0 Å². The minimum atomic E-state index is -0.0111. The highest BCUT2D eigenvalue weighted by atomic mass is 16.2. The van der Waals surface area contributed by atoms with E-state index in [4.69, 9.17) is 0 Å². The van der Waals surface area contributed by atoms with E-state index in [1.54, 1.807) is 4.90 Å². The second kappa shape index (κ2) is 3.78. The molecule has 1 N–H and O–H groups in total. The maximum absolute atomic E-state index is 11.9. The highest BCUT2D eigenvalue weighted by molar-refractivity contribution is 5.81. The van der Waals surface area contributed by atoms with Gasteiger partial charge in [0, 0.05) is 20.6 Å². The highest BCUT2D eigenvalue weighted by Crippen LogP contribution is 2.44. The lowest BCUT2D eigenvalue weighted by Crippen LogP contribution is -2.57. The summed E-state index contributed by atoms with van der Waals surface area (Å²) in [4.78, 5) is 13.5. The van der Waals surface area contributed by atoms with Crippen molar-refractivity contribution in [3.05, 3.63) is 0 Å². The van der Waals surface area contributed by atoms with Crippen LogP contribution < -0.4 is 5.32 Å². The zero-order valence-electron chi connectivity index (χ0n) is 10.8. The molecular weight excluding hydrogens is 188 g/mol. The first kappa shape index (κ1) is 12.5. The number of hydrogen-bond donors (Lipinski definition) is 1. The zero-order valence-corrected chi connectivity index (χ0v) is 10.8. The standard InChI is InChI=1S/C12H24N2O/c1-11(2)7-9(10(15)14(5)6)13-8-12(11,3)4/h9,13H,7-8H2,1-6H3. The van der Waals surface area contributed by atoms with Gasteiger partial charge >= 0.3 is 0 Å². The SMILES string of the molecule is CN(C)C(=O)C1CC(C)(C)C(C)(C)CN1. The van der Waals surface area contributed by atoms with Crippen LogP contribution in [0.1, 0.15) is 34.1 Å². The molecule has 88 valence electrons. The average Bonchev–Trinajstić information content (AvgIpc) is 2.08. The molecule has 1 unspecified atom stereocenters. The van der Waals surface area contributed by atoms with Gasteiger partial charge in [0.1, 0.15) is 0 Å². The number of piperidine rings is 1. The van der Waals surface area contributed by atoms with Crippen molar-refractivity contribution in [1.29, 1.82) is 0 Å². The Morgan fingerprint density at radius 2 is 1.73 bits per heavy atom. The molecular formula is C12H24N2O. The fourth-order valence-electron chi connectivity index (χ4n) is 1.96. The summed E-state index contributed by atoms with van der Waals surface area (Å²) in [6.07, 6.45) is 0.914. The van der Waals surface area contributed by atoms with Crippen LogP contribution in [0.15, 0.2) is 0 Å². The van der Waals surface area contributed by atoms with Crippen molar-refractivity contribution >= 4 is 5.91 Å². The van der Waals surface area contributed by atoms with Gasteiger partial charge in [-0.2, -0.15) is 0 Å². The van der Waals surface area contributed by atoms with Crippen LogP contribution in [-0.4, -0.2) is 37.5 Å². The van der Waals surface area contributed by atoms with Crippen LogP contribution in [0.25, 0.3) is 0 Å². The Labute approximate surface area is 93.2 Å². The van der Waals surface area contributed by atoms with E-state index < -0.39 is 0 Å². The van der Waals surface area contributed by atoms with Crippen LogP contribution in [0.2, 0.25) is 0 Å². The summed E-state index contributed by atoms with van der Waals surface area (Å²) in [5.41, 5.74) is 0.449. The molecule has 15 heavy (non-hydrogen) atoms. The largest absolute Gasteiger partial charge is 0.347 e. The molecule has 1 amide bonds. The molecule has 1 aliphatic heterocycles. The molecule has 0 saturated carbocycles. The van der Waals surface area contributed by atoms with E-state index in [2.05, 4.69) is 33.0 Å². The van der Waals surface area contributed by atoms with Gasteiger partial charge in [-0.05, 0) is 17.3 Å². The Kier molecular flexibility index (Phi) is 3.15. The summed E-state index contributed by atoms with van der Waals surface area (Å²) < 4.78 is 0. The number of hydrogen-bond acceptors (Lipinski definition) is 2. The lowest BCUT2D eigenvalue weighted by molar-refractivity contribution is -0.134. The lowest BCUT2D eigenvalue weighted by Gasteiger charge is -2.49. The molecule has 1 saturated heterocycles. The summed E-state index contributed by atoms with van der Waals surface area (Å²) in [6.45, 7) is 9.94. The third-order valence-corrected chi connectivity index (χ3v) is 4.08. The second-order valence-corrected chi connectivity index (χ2v) is 6.14. The molecule has 0 aromatic heterocycles. The summed E-state index contributed by atoms with van der Waals surface area (Å²) in [5, 5.41) is 3.35. The monoisotopic (exact) mass is 212 g/mol. The normalized spacial score (nSPS) is 28.5. The number of rotatable bonds is 1. The molecule has 0 aliphatic carbocycles. The molecule has 3 heteroatoms. The fraction of sp³-hybridized carbons (Fsp3) is 0.917. The summed E-state index contributed by atoms with van der Waals surface area (Å²) in [7, 11) is 3.63. The molecule has 1 aliphatic rings. The number of nitrogens with one attached hydrogen (secondary N) is 1. The van der Waals surface area contributed by atoms with Crippen LogP contribution in [-0.2, 0) is 4.79 Å². The maximum atomic E-state index is 11.9. The topological polar surface area (TPSA) is 32.3 Å². The van der Waals surface area contributed by atoms with E-state index in [9.17, 15) is 4.79 Å². The molecule has 0 radical (unpaired) electrons. The van der Waals surface area contributed by atoms with Crippen LogP contribution >= 0.6 is 0 Å². The van der Waals surface area contributed by atoms with Gasteiger partial charge in [-0.1, -0.05) is 27.7 Å². The number of carbonyl (C=O) groups is 1. The minimum absolute atomic E-state index is 0.0111. The molecule has 1 heterocycles. The van der Waals surface area contributed by atoms with Gasteiger partial charge in [-0.25, -0.2) is 0 Å². The van der Waals surface area contributed by atoms with Crippen LogP contribution in [0.5, 0.6) is 0 Å². The molecule has 1 atom stereocenters. The third kappa shape index (κ3) is 2.33. The zero-order chi connectivity index (χ0) is 11.9. The van der Waals surface area contributed by atoms with Crippen molar-refractivity contribution in [1.82, 2.24) is 10.2 Å². The second-order valence-electron chi connectivity index (χ2n) is 6.14. The lowest BCUT2D eigenvalue weighted by atomic mass is 9.62. The molecule has 0 bridgehead atoms. The maximum Gasteiger partial charge on any atom is 0.239 e. The van der Waals surface area contributed by atoms with Crippen molar-refractivity contribution in [2.75, 3.05) is 20.6 Å². The number of nitrogens with zero attached hydrogens (tertiary/aromatic N) is 1. The predicted molar refractivity (Wildman–Crippen MR) is 62.7 cm³/mol. The Morgan fingerprint density at radius 3 is 2.13 bits per heavy atom. The van der Waals surface area contributed by atoms with E-state index in [-0.39, 0.29) is 22.8 Å². The van der Waals surface area contributed by atoms with Gasteiger partial charge in [0.25, 0.3) is 0 Å². The Bertz CT molecular complexity index is 256. The van der Waals surface area contributed by atoms with Crippen molar-refractivity contribution in [2.45, 2.75) is 40.2 Å². The van der Waals surface area contributed by atoms with Crippen molar-refractivity contribution in [2.24, 2.45) is 10.8 Å². The smallest absolute Gasteiger partial charge is 0.239 e. The van der Waals surface area contributed by atoms with E-state index in [1.807, 2.05) is 14.1 Å². The molecule has 0 spiro atoms. The van der Waals surface area contributed by atoms with Crippen molar-refractivity contribution in [3.8, 4) is 0 Å². The average molecular weight is 212 g/mol. The first-order valence-corrected chi connectivity index (χ1v) is 5.62. The third-order valence-electron chi connectivity index (χ3n) is 4.08. The highest BCUT2D eigenvalue weighted by Gasteiger charge is 2.44. The van der Waals surface area contributed by atoms with Gasteiger partial charge in [-0.15, -0.1) is 0 Å². The van der Waals surface area contributed by atoms with Crippen LogP contribution in [0.4, 0.5) is 0 Å². The minimum Gasteiger partial charge on any atom is -0.347 e. The first-order chi connectivity index (χ1) is 6.67. The molecule has 3 nitrogen and oxygen atoms in total. The summed E-state index contributed by atoms with van der Waals surface area (Å²) in [6, 6.07) is -0.0111. The van der Waals surface area contributed by atoms with Gasteiger partial charge in [0.2, 0.25) is 5.91 Å². The summed E-state index contributed by atoms with van der Waals surface area (Å²) in [5.74, 6) is 0.193. The van der Waals surface area contributed by atoms with Crippen LogP contribution in [0, 0.1) is 10.8 Å². The Balaban J connectivity index is 2.75. The van der Waals surface area contributed by atoms with E-state index in [0.717, 1.165) is 13.0 Å². The summed E-state index contributed by atoms with van der Waals surface area (Å²) >= 11 is 0. The van der Waals surface area contributed by atoms with Crippen LogP contribution in [0.3, 0.4) is 0 Å². The Hall–Kier alpha value is -0.570. The van der Waals surface area contributed by atoms with Gasteiger partial charge in [0.15, 0.2) is 0 Å². The molecule has 1 fully saturated rings. The van der Waals surface area contributed by atoms with Gasteiger partial charge in [-0.3, -0.25) is 4.79 Å². The van der Waals surface area contributed by atoms with Crippen molar-refractivity contribution < 1.29 is 4.79 Å². The van der Waals surface area contributed by atoms with Crippen molar-refractivity contribution in [3.63, 3.8) is 0 Å². The molecule has 0 aromatic rings. The quantitative estimate of drug-likeness (QED) is 0.714. The molecule has 1 rings (SSSR count). The first-order valence-electron chi connectivity index (χ1n) is 5.62.